The summed E-state index contributed by atoms with van der Waals surface area (Å²) in [4.78, 5) is 18.9. The van der Waals surface area contributed by atoms with Crippen LogP contribution in [0.2, 0.25) is 5.02 Å². The summed E-state index contributed by atoms with van der Waals surface area (Å²) in [6.07, 6.45) is 3.29. The second-order valence-electron chi connectivity index (χ2n) is 6.77. The van der Waals surface area contributed by atoms with Gasteiger partial charge in [0.15, 0.2) is 0 Å². The van der Waals surface area contributed by atoms with E-state index in [1.807, 2.05) is 59.1 Å². The number of rotatable bonds is 6. The Morgan fingerprint density at radius 1 is 1.18 bits per heavy atom. The largest absolute Gasteiger partial charge is 0.384 e. The van der Waals surface area contributed by atoms with Crippen molar-refractivity contribution in [2.75, 3.05) is 24.2 Å². The number of pyridine rings is 1. The molecule has 3 aromatic rings. The van der Waals surface area contributed by atoms with Gasteiger partial charge in [0.2, 0.25) is 5.91 Å². The van der Waals surface area contributed by atoms with Crippen molar-refractivity contribution in [3.63, 3.8) is 0 Å². The van der Waals surface area contributed by atoms with Gasteiger partial charge in [-0.1, -0.05) is 41.9 Å². The van der Waals surface area contributed by atoms with Crippen molar-refractivity contribution in [3.8, 4) is 0 Å². The monoisotopic (exact) mass is 411 g/mol. The fourth-order valence-electron chi connectivity index (χ4n) is 3.51. The lowest BCUT2D eigenvalue weighted by Gasteiger charge is -2.35. The molecular formula is C22H22ClN3OS. The predicted octanol–water partition coefficient (Wildman–Crippen LogP) is 5.35. The molecule has 28 heavy (non-hydrogen) atoms. The topological polar surface area (TPSA) is 45.2 Å². The molecule has 1 atom stereocenters. The molecule has 1 N–H and O–H groups in total. The van der Waals surface area contributed by atoms with Crippen molar-refractivity contribution < 1.29 is 4.79 Å². The molecule has 4 rings (SSSR count). The van der Waals surface area contributed by atoms with Gasteiger partial charge in [-0.2, -0.15) is 0 Å². The minimum Gasteiger partial charge on any atom is -0.384 e. The van der Waals surface area contributed by atoms with Gasteiger partial charge in [-0.3, -0.25) is 9.78 Å². The second-order valence-corrected chi connectivity index (χ2v) is 8.40. The summed E-state index contributed by atoms with van der Waals surface area (Å²) >= 11 is 7.91. The standard InChI is InChI=1S/C22H22ClN3OS/c23-17-7-8-18-19(9-12-25-20(18)15-17)24-11-4-13-26-21(27)10-14-28-22(26)16-5-2-1-3-6-16/h1-3,5-9,12,15,22H,4,10-11,13-14H2,(H,24,25). The maximum absolute atomic E-state index is 12.5. The number of benzene rings is 2. The van der Waals surface area contributed by atoms with E-state index in [4.69, 9.17) is 11.6 Å². The Labute approximate surface area is 174 Å². The maximum Gasteiger partial charge on any atom is 0.224 e. The molecule has 0 bridgehead atoms. The minimum atomic E-state index is 0.117. The number of hydrogen-bond acceptors (Lipinski definition) is 4. The third-order valence-corrected chi connectivity index (χ3v) is 6.39. The molecule has 1 aliphatic rings. The Bertz CT molecular complexity index is 966. The Kier molecular flexibility index (Phi) is 6.03. The number of nitrogens with one attached hydrogen (secondary N) is 1. The molecule has 1 aliphatic heterocycles. The highest BCUT2D eigenvalue weighted by atomic mass is 35.5. The first-order chi connectivity index (χ1) is 13.7. The number of anilines is 1. The lowest BCUT2D eigenvalue weighted by atomic mass is 10.1. The van der Waals surface area contributed by atoms with Gasteiger partial charge in [-0.05, 0) is 36.2 Å². The molecular weight excluding hydrogens is 390 g/mol. The average Bonchev–Trinajstić information content (AvgIpc) is 2.72. The van der Waals surface area contributed by atoms with Crippen molar-refractivity contribution in [1.29, 1.82) is 0 Å². The van der Waals surface area contributed by atoms with Crippen molar-refractivity contribution in [2.45, 2.75) is 18.2 Å². The zero-order valence-corrected chi connectivity index (χ0v) is 17.0. The number of halogens is 1. The second kappa shape index (κ2) is 8.84. The summed E-state index contributed by atoms with van der Waals surface area (Å²) in [6.45, 7) is 1.53. The molecule has 2 aromatic carbocycles. The Hall–Kier alpha value is -2.24. The van der Waals surface area contributed by atoms with Crippen LogP contribution in [0.25, 0.3) is 10.9 Å². The highest BCUT2D eigenvalue weighted by molar-refractivity contribution is 7.99. The fourth-order valence-corrected chi connectivity index (χ4v) is 4.94. The summed E-state index contributed by atoms with van der Waals surface area (Å²) in [6, 6.07) is 18.0. The van der Waals surface area contributed by atoms with Crippen LogP contribution in [0.15, 0.2) is 60.8 Å². The lowest BCUT2D eigenvalue weighted by Crippen LogP contribution is -2.38. The van der Waals surface area contributed by atoms with Gasteiger partial charge in [0.1, 0.15) is 5.37 Å². The first-order valence-corrected chi connectivity index (χ1v) is 10.9. The number of amides is 1. The number of hydrogen-bond donors (Lipinski definition) is 1. The van der Waals surface area contributed by atoms with E-state index in [2.05, 4.69) is 22.4 Å². The van der Waals surface area contributed by atoms with E-state index in [0.717, 1.165) is 41.9 Å². The highest BCUT2D eigenvalue weighted by Crippen LogP contribution is 2.37. The van der Waals surface area contributed by atoms with Crippen LogP contribution in [0.3, 0.4) is 0 Å². The van der Waals surface area contributed by atoms with E-state index in [1.54, 1.807) is 6.20 Å². The van der Waals surface area contributed by atoms with Gasteiger partial charge in [0, 0.05) is 47.6 Å². The third kappa shape index (κ3) is 4.26. The quantitative estimate of drug-likeness (QED) is 0.555. The molecule has 0 spiro atoms. The van der Waals surface area contributed by atoms with Gasteiger partial charge in [0.25, 0.3) is 0 Å². The van der Waals surface area contributed by atoms with Crippen molar-refractivity contribution >= 4 is 45.9 Å². The van der Waals surface area contributed by atoms with Crippen LogP contribution in [0.5, 0.6) is 0 Å². The number of fused-ring (bicyclic) bond motifs is 1. The first kappa shape index (κ1) is 19.1. The van der Waals surface area contributed by atoms with Gasteiger partial charge in [-0.25, -0.2) is 0 Å². The van der Waals surface area contributed by atoms with E-state index in [-0.39, 0.29) is 11.3 Å². The van der Waals surface area contributed by atoms with Crippen LogP contribution in [-0.2, 0) is 4.79 Å². The van der Waals surface area contributed by atoms with E-state index in [0.29, 0.717) is 11.4 Å². The van der Waals surface area contributed by atoms with E-state index >= 15 is 0 Å². The first-order valence-electron chi connectivity index (χ1n) is 9.46. The Morgan fingerprint density at radius 3 is 2.89 bits per heavy atom. The van der Waals surface area contributed by atoms with Crippen LogP contribution >= 0.6 is 23.4 Å². The smallest absolute Gasteiger partial charge is 0.224 e. The summed E-state index contributed by atoms with van der Waals surface area (Å²) in [5.74, 6) is 1.13. The maximum atomic E-state index is 12.5. The van der Waals surface area contributed by atoms with E-state index < -0.39 is 0 Å². The van der Waals surface area contributed by atoms with Crippen LogP contribution < -0.4 is 5.32 Å². The van der Waals surface area contributed by atoms with Gasteiger partial charge in [-0.15, -0.1) is 11.8 Å². The van der Waals surface area contributed by atoms with Crippen molar-refractivity contribution in [3.05, 3.63) is 71.4 Å². The number of thioether (sulfide) groups is 1. The van der Waals surface area contributed by atoms with Crippen LogP contribution in [0.1, 0.15) is 23.8 Å². The number of carbonyl (C=O) groups is 1. The third-order valence-electron chi connectivity index (χ3n) is 4.88. The molecule has 1 amide bonds. The summed E-state index contributed by atoms with van der Waals surface area (Å²) in [5, 5.41) is 5.34. The van der Waals surface area contributed by atoms with Gasteiger partial charge >= 0.3 is 0 Å². The van der Waals surface area contributed by atoms with Crippen molar-refractivity contribution in [1.82, 2.24) is 9.88 Å². The summed E-state index contributed by atoms with van der Waals surface area (Å²) < 4.78 is 0. The van der Waals surface area contributed by atoms with E-state index in [9.17, 15) is 4.79 Å². The molecule has 1 saturated heterocycles. The SMILES string of the molecule is O=C1CCSC(c2ccccc2)N1CCCNc1ccnc2cc(Cl)ccc12. The number of nitrogens with zero attached hydrogens (tertiary/aromatic N) is 2. The van der Waals surface area contributed by atoms with Gasteiger partial charge in [0.05, 0.1) is 5.52 Å². The average molecular weight is 412 g/mol. The molecule has 4 nitrogen and oxygen atoms in total. The molecule has 1 unspecified atom stereocenters. The molecule has 0 aliphatic carbocycles. The van der Waals surface area contributed by atoms with Crippen LogP contribution in [0, 0.1) is 0 Å². The van der Waals surface area contributed by atoms with Gasteiger partial charge < -0.3 is 10.2 Å². The van der Waals surface area contributed by atoms with Crippen LogP contribution in [0.4, 0.5) is 5.69 Å². The Balaban J connectivity index is 1.39. The van der Waals surface area contributed by atoms with Crippen molar-refractivity contribution in [2.24, 2.45) is 0 Å². The molecule has 0 radical (unpaired) electrons. The fraction of sp³-hybridized carbons (Fsp3) is 0.273. The normalized spacial score (nSPS) is 17.1. The number of carbonyl (C=O) groups excluding carboxylic acids is 1. The van der Waals surface area contributed by atoms with Crippen LogP contribution in [-0.4, -0.2) is 34.6 Å². The Morgan fingerprint density at radius 2 is 2.04 bits per heavy atom. The van der Waals surface area contributed by atoms with E-state index in [1.165, 1.54) is 5.56 Å². The molecule has 0 saturated carbocycles. The zero-order valence-electron chi connectivity index (χ0n) is 15.5. The summed E-state index contributed by atoms with van der Waals surface area (Å²) in [7, 11) is 0. The molecule has 1 aromatic heterocycles. The zero-order chi connectivity index (χ0) is 19.3. The summed E-state index contributed by atoms with van der Waals surface area (Å²) in [5.41, 5.74) is 3.12. The highest BCUT2D eigenvalue weighted by Gasteiger charge is 2.29. The molecule has 2 heterocycles. The lowest BCUT2D eigenvalue weighted by molar-refractivity contribution is -0.132. The molecule has 6 heteroatoms. The number of aromatic nitrogens is 1. The molecule has 144 valence electrons. The minimum absolute atomic E-state index is 0.117. The molecule has 1 fully saturated rings. The predicted molar refractivity (Wildman–Crippen MR) is 118 cm³/mol.